The first-order chi connectivity index (χ1) is 12.8. The van der Waals surface area contributed by atoms with Gasteiger partial charge in [0.2, 0.25) is 0 Å². The monoisotopic (exact) mass is 381 g/mol. The van der Waals surface area contributed by atoms with E-state index >= 15 is 0 Å². The first-order valence-electron chi connectivity index (χ1n) is 8.38. The van der Waals surface area contributed by atoms with Crippen LogP contribution in [0.5, 0.6) is 11.5 Å². The summed E-state index contributed by atoms with van der Waals surface area (Å²) in [5.74, 6) is 0.909. The molecule has 3 N–H and O–H groups in total. The molecule has 0 fully saturated rings. The van der Waals surface area contributed by atoms with E-state index in [0.717, 1.165) is 12.1 Å². The first-order valence-corrected chi connectivity index (χ1v) is 8.38. The Hall–Kier alpha value is -2.90. The molecule has 2 rings (SSSR count). The minimum absolute atomic E-state index is 0.0473. The van der Waals surface area contributed by atoms with Crippen LogP contribution in [0.4, 0.5) is 13.2 Å². The summed E-state index contributed by atoms with van der Waals surface area (Å²) in [6.07, 6.45) is -4.35. The number of alkyl halides is 3. The Kier molecular flexibility index (Phi) is 6.92. The van der Waals surface area contributed by atoms with Crippen molar-refractivity contribution in [1.29, 1.82) is 0 Å². The number of hydrogen-bond donors (Lipinski definition) is 3. The van der Waals surface area contributed by atoms with Gasteiger partial charge in [0.05, 0.1) is 19.2 Å². The molecule has 0 aliphatic rings. The minimum atomic E-state index is -4.35. The summed E-state index contributed by atoms with van der Waals surface area (Å²) in [5.41, 5.74) is 0.604. The number of phenols is 1. The highest BCUT2D eigenvalue weighted by molar-refractivity contribution is 5.79. The molecular formula is C19H22F3N3O2. The van der Waals surface area contributed by atoms with E-state index in [1.54, 1.807) is 18.2 Å². The highest BCUT2D eigenvalue weighted by atomic mass is 19.4. The van der Waals surface area contributed by atoms with Gasteiger partial charge < -0.3 is 20.5 Å². The standard InChI is InChI=1S/C19H22F3N3O2/c1-3-23-18(25-12-14-5-4-6-16(27-2)17(14)26)24-11-13-7-9-15(10-8-13)19(20,21)22/h4-10,26H,3,11-12H2,1-2H3,(H2,23,24,25). The maximum absolute atomic E-state index is 12.6. The van der Waals surface area contributed by atoms with Crippen LogP contribution in [-0.2, 0) is 19.3 Å². The average molecular weight is 381 g/mol. The largest absolute Gasteiger partial charge is 0.504 e. The second kappa shape index (κ2) is 9.16. The van der Waals surface area contributed by atoms with Gasteiger partial charge in [0.1, 0.15) is 0 Å². The number of hydrogen-bond acceptors (Lipinski definition) is 3. The minimum Gasteiger partial charge on any atom is -0.504 e. The maximum Gasteiger partial charge on any atom is 0.416 e. The van der Waals surface area contributed by atoms with Crippen molar-refractivity contribution in [2.75, 3.05) is 13.7 Å². The van der Waals surface area contributed by atoms with E-state index in [-0.39, 0.29) is 12.3 Å². The van der Waals surface area contributed by atoms with Crippen molar-refractivity contribution in [3.63, 3.8) is 0 Å². The number of nitrogens with one attached hydrogen (secondary N) is 2. The third-order valence-electron chi connectivity index (χ3n) is 3.79. The van der Waals surface area contributed by atoms with Gasteiger partial charge in [-0.25, -0.2) is 4.99 Å². The molecule has 0 atom stereocenters. The Balaban J connectivity index is 2.04. The molecule has 0 amide bonds. The highest BCUT2D eigenvalue weighted by Gasteiger charge is 2.29. The zero-order valence-corrected chi connectivity index (χ0v) is 15.1. The van der Waals surface area contributed by atoms with Gasteiger partial charge in [0.15, 0.2) is 17.5 Å². The quantitative estimate of drug-likeness (QED) is 0.528. The molecule has 146 valence electrons. The predicted molar refractivity (Wildman–Crippen MR) is 97.8 cm³/mol. The van der Waals surface area contributed by atoms with E-state index in [4.69, 9.17) is 4.74 Å². The van der Waals surface area contributed by atoms with E-state index in [9.17, 15) is 18.3 Å². The SMILES string of the molecule is CCNC(=NCc1ccc(C(F)(F)F)cc1)NCc1cccc(OC)c1O. The van der Waals surface area contributed by atoms with Gasteiger partial charge in [-0.2, -0.15) is 13.2 Å². The molecular weight excluding hydrogens is 359 g/mol. The molecule has 0 aliphatic heterocycles. The summed E-state index contributed by atoms with van der Waals surface area (Å²) in [5, 5.41) is 16.2. The molecule has 27 heavy (non-hydrogen) atoms. The van der Waals surface area contributed by atoms with Crippen LogP contribution < -0.4 is 15.4 Å². The smallest absolute Gasteiger partial charge is 0.416 e. The lowest BCUT2D eigenvalue weighted by atomic mass is 10.1. The number of methoxy groups -OCH3 is 1. The van der Waals surface area contributed by atoms with Crippen molar-refractivity contribution < 1.29 is 23.0 Å². The van der Waals surface area contributed by atoms with Crippen LogP contribution in [0.25, 0.3) is 0 Å². The van der Waals surface area contributed by atoms with Crippen LogP contribution in [0.3, 0.4) is 0 Å². The summed E-state index contributed by atoms with van der Waals surface area (Å²) in [6.45, 7) is 3.04. The van der Waals surface area contributed by atoms with Crippen LogP contribution >= 0.6 is 0 Å². The van der Waals surface area contributed by atoms with Gasteiger partial charge in [0.25, 0.3) is 0 Å². The normalized spacial score (nSPS) is 12.0. The van der Waals surface area contributed by atoms with Crippen LogP contribution in [-0.4, -0.2) is 24.7 Å². The van der Waals surface area contributed by atoms with Crippen molar-refractivity contribution in [1.82, 2.24) is 10.6 Å². The molecule has 2 aromatic carbocycles. The van der Waals surface area contributed by atoms with Gasteiger partial charge in [-0.3, -0.25) is 0 Å². The highest BCUT2D eigenvalue weighted by Crippen LogP contribution is 2.30. The lowest BCUT2D eigenvalue weighted by Gasteiger charge is -2.13. The number of nitrogens with zero attached hydrogens (tertiary/aromatic N) is 1. The Bertz CT molecular complexity index is 775. The topological polar surface area (TPSA) is 65.9 Å². The fourth-order valence-corrected chi connectivity index (χ4v) is 2.37. The number of benzene rings is 2. The fourth-order valence-electron chi connectivity index (χ4n) is 2.37. The molecule has 0 saturated heterocycles. The van der Waals surface area contributed by atoms with Gasteiger partial charge in [-0.05, 0) is 30.7 Å². The van der Waals surface area contributed by atoms with Crippen LogP contribution in [0.15, 0.2) is 47.5 Å². The van der Waals surface area contributed by atoms with Crippen molar-refractivity contribution in [2.24, 2.45) is 4.99 Å². The van der Waals surface area contributed by atoms with Gasteiger partial charge in [0, 0.05) is 18.7 Å². The van der Waals surface area contributed by atoms with Crippen molar-refractivity contribution in [2.45, 2.75) is 26.2 Å². The molecule has 5 nitrogen and oxygen atoms in total. The molecule has 0 saturated carbocycles. The fraction of sp³-hybridized carbons (Fsp3) is 0.316. The molecule has 8 heteroatoms. The molecule has 0 radical (unpaired) electrons. The average Bonchev–Trinajstić information content (AvgIpc) is 2.64. The maximum atomic E-state index is 12.6. The second-order valence-electron chi connectivity index (χ2n) is 5.71. The van der Waals surface area contributed by atoms with Crippen molar-refractivity contribution >= 4 is 5.96 Å². The summed E-state index contributed by atoms with van der Waals surface area (Å²) in [4.78, 5) is 4.36. The predicted octanol–water partition coefficient (Wildman–Crippen LogP) is 3.67. The molecule has 0 aliphatic carbocycles. The zero-order valence-electron chi connectivity index (χ0n) is 15.1. The summed E-state index contributed by atoms with van der Waals surface area (Å²) < 4.78 is 42.9. The van der Waals surface area contributed by atoms with Gasteiger partial charge in [-0.1, -0.05) is 24.3 Å². The van der Waals surface area contributed by atoms with Crippen LogP contribution in [0, 0.1) is 0 Å². The van der Waals surface area contributed by atoms with E-state index in [0.29, 0.717) is 35.9 Å². The van der Waals surface area contributed by atoms with E-state index < -0.39 is 11.7 Å². The van der Waals surface area contributed by atoms with Gasteiger partial charge >= 0.3 is 6.18 Å². The van der Waals surface area contributed by atoms with Crippen molar-refractivity contribution in [3.8, 4) is 11.5 Å². The lowest BCUT2D eigenvalue weighted by Crippen LogP contribution is -2.36. The van der Waals surface area contributed by atoms with E-state index in [1.165, 1.54) is 19.2 Å². The van der Waals surface area contributed by atoms with Crippen LogP contribution in [0.1, 0.15) is 23.6 Å². The molecule has 0 heterocycles. The number of para-hydroxylation sites is 1. The first kappa shape index (κ1) is 20.4. The second-order valence-corrected chi connectivity index (χ2v) is 5.71. The number of aliphatic imine (C=N–C) groups is 1. The van der Waals surface area contributed by atoms with Gasteiger partial charge in [-0.15, -0.1) is 0 Å². The molecule has 0 bridgehead atoms. The summed E-state index contributed by atoms with van der Waals surface area (Å²) in [6, 6.07) is 10.1. The van der Waals surface area contributed by atoms with Crippen molar-refractivity contribution in [3.05, 3.63) is 59.2 Å². The Morgan fingerprint density at radius 2 is 1.81 bits per heavy atom. The third-order valence-corrected chi connectivity index (χ3v) is 3.79. The lowest BCUT2D eigenvalue weighted by molar-refractivity contribution is -0.137. The van der Waals surface area contributed by atoms with Crippen LogP contribution in [0.2, 0.25) is 0 Å². The molecule has 0 unspecified atom stereocenters. The number of aromatic hydroxyl groups is 1. The summed E-state index contributed by atoms with van der Waals surface area (Å²) >= 11 is 0. The number of halogens is 3. The molecule has 0 aromatic heterocycles. The number of phenolic OH excluding ortho intramolecular Hbond substituents is 1. The Morgan fingerprint density at radius 3 is 2.41 bits per heavy atom. The number of guanidine groups is 1. The molecule has 0 spiro atoms. The third kappa shape index (κ3) is 5.80. The Morgan fingerprint density at radius 1 is 1.11 bits per heavy atom. The van der Waals surface area contributed by atoms with E-state index in [1.807, 2.05) is 6.92 Å². The zero-order chi connectivity index (χ0) is 19.9. The Labute approximate surface area is 155 Å². The van der Waals surface area contributed by atoms with E-state index in [2.05, 4.69) is 15.6 Å². The summed E-state index contributed by atoms with van der Waals surface area (Å²) in [7, 11) is 1.47. The molecule has 2 aromatic rings. The number of rotatable bonds is 6. The number of ether oxygens (including phenoxy) is 1.